The Balaban J connectivity index is 1.61. The summed E-state index contributed by atoms with van der Waals surface area (Å²) in [6.45, 7) is 3.25. The van der Waals surface area contributed by atoms with Crippen LogP contribution in [0.2, 0.25) is 5.02 Å². The number of fused-ring (bicyclic) bond motifs is 1. The van der Waals surface area contributed by atoms with Crippen LogP contribution in [-0.2, 0) is 6.54 Å². The van der Waals surface area contributed by atoms with Crippen LogP contribution in [0, 0.1) is 6.92 Å². The van der Waals surface area contributed by atoms with E-state index >= 15 is 0 Å². The van der Waals surface area contributed by atoms with Crippen LogP contribution in [0.25, 0.3) is 22.4 Å². The SMILES string of the molecule is Cc1cc(OCCn2c(-c3ccccc3)nc3ccccc32)ccc1Cl. The minimum Gasteiger partial charge on any atom is -0.492 e. The van der Waals surface area contributed by atoms with Crippen molar-refractivity contribution in [2.75, 3.05) is 6.61 Å². The number of imidazole rings is 1. The number of halogens is 1. The van der Waals surface area contributed by atoms with Gasteiger partial charge in [-0.15, -0.1) is 0 Å². The van der Waals surface area contributed by atoms with Gasteiger partial charge in [0.25, 0.3) is 0 Å². The van der Waals surface area contributed by atoms with E-state index in [4.69, 9.17) is 21.3 Å². The molecule has 0 N–H and O–H groups in total. The average Bonchev–Trinajstić information content (AvgIpc) is 3.04. The van der Waals surface area contributed by atoms with E-state index < -0.39 is 0 Å². The van der Waals surface area contributed by atoms with Gasteiger partial charge in [-0.2, -0.15) is 0 Å². The lowest BCUT2D eigenvalue weighted by atomic mass is 10.2. The second-order valence-electron chi connectivity index (χ2n) is 6.20. The molecule has 0 unspecified atom stereocenters. The van der Waals surface area contributed by atoms with Crippen molar-refractivity contribution < 1.29 is 4.74 Å². The molecule has 3 nitrogen and oxygen atoms in total. The summed E-state index contributed by atoms with van der Waals surface area (Å²) in [6, 6.07) is 24.2. The minimum atomic E-state index is 0.557. The first-order valence-corrected chi connectivity index (χ1v) is 9.00. The quantitative estimate of drug-likeness (QED) is 0.452. The van der Waals surface area contributed by atoms with Gasteiger partial charge in [0.15, 0.2) is 0 Å². The normalized spacial score (nSPS) is 11.0. The molecule has 4 aromatic rings. The Morgan fingerprint density at radius 3 is 2.54 bits per heavy atom. The molecule has 0 amide bonds. The summed E-state index contributed by atoms with van der Waals surface area (Å²) in [4.78, 5) is 4.82. The lowest BCUT2D eigenvalue weighted by molar-refractivity contribution is 0.300. The summed E-state index contributed by atoms with van der Waals surface area (Å²) in [6.07, 6.45) is 0. The highest BCUT2D eigenvalue weighted by Gasteiger charge is 2.12. The molecule has 1 heterocycles. The fourth-order valence-electron chi connectivity index (χ4n) is 3.07. The molecular weight excluding hydrogens is 344 g/mol. The molecule has 0 spiro atoms. The Labute approximate surface area is 157 Å². The van der Waals surface area contributed by atoms with Gasteiger partial charge in [0.1, 0.15) is 18.2 Å². The van der Waals surface area contributed by atoms with Crippen molar-refractivity contribution in [2.24, 2.45) is 0 Å². The van der Waals surface area contributed by atoms with Crippen LogP contribution >= 0.6 is 11.6 Å². The van der Waals surface area contributed by atoms with E-state index in [-0.39, 0.29) is 0 Å². The molecule has 0 bridgehead atoms. The van der Waals surface area contributed by atoms with Gasteiger partial charge in [-0.3, -0.25) is 0 Å². The third kappa shape index (κ3) is 3.31. The standard InChI is InChI=1S/C22H19ClN2O/c1-16-15-18(11-12-19(16)23)26-14-13-25-21-10-6-5-9-20(21)24-22(25)17-7-3-2-4-8-17/h2-12,15H,13-14H2,1H3. The van der Waals surface area contributed by atoms with Gasteiger partial charge in [-0.1, -0.05) is 54.1 Å². The average molecular weight is 363 g/mol. The van der Waals surface area contributed by atoms with Crippen LogP contribution in [0.5, 0.6) is 5.75 Å². The summed E-state index contributed by atoms with van der Waals surface area (Å²) < 4.78 is 8.16. The molecule has 0 aliphatic carbocycles. The minimum absolute atomic E-state index is 0.557. The van der Waals surface area contributed by atoms with Gasteiger partial charge in [0, 0.05) is 10.6 Å². The lowest BCUT2D eigenvalue weighted by Gasteiger charge is -2.11. The Hall–Kier alpha value is -2.78. The van der Waals surface area contributed by atoms with Crippen LogP contribution in [0.1, 0.15) is 5.56 Å². The molecule has 0 atom stereocenters. The molecule has 3 aromatic carbocycles. The number of rotatable bonds is 5. The molecule has 0 aliphatic heterocycles. The first kappa shape index (κ1) is 16.7. The summed E-state index contributed by atoms with van der Waals surface area (Å²) in [5.74, 6) is 1.79. The van der Waals surface area contributed by atoms with Crippen molar-refractivity contribution in [1.29, 1.82) is 0 Å². The maximum atomic E-state index is 6.08. The number of benzene rings is 3. The number of hydrogen-bond acceptors (Lipinski definition) is 2. The zero-order chi connectivity index (χ0) is 17.9. The van der Waals surface area contributed by atoms with E-state index in [1.165, 1.54) is 0 Å². The molecule has 0 fully saturated rings. The first-order chi connectivity index (χ1) is 12.7. The summed E-state index contributed by atoms with van der Waals surface area (Å²) in [5.41, 5.74) is 4.23. The van der Waals surface area contributed by atoms with Gasteiger partial charge >= 0.3 is 0 Å². The molecule has 26 heavy (non-hydrogen) atoms. The zero-order valence-electron chi connectivity index (χ0n) is 14.5. The highest BCUT2D eigenvalue weighted by Crippen LogP contribution is 2.25. The van der Waals surface area contributed by atoms with Gasteiger partial charge in [0.2, 0.25) is 0 Å². The first-order valence-electron chi connectivity index (χ1n) is 8.62. The van der Waals surface area contributed by atoms with Crippen molar-refractivity contribution in [3.8, 4) is 17.1 Å². The van der Waals surface area contributed by atoms with Crippen molar-refractivity contribution in [3.63, 3.8) is 0 Å². The van der Waals surface area contributed by atoms with Gasteiger partial charge in [0.05, 0.1) is 17.6 Å². The third-order valence-corrected chi connectivity index (χ3v) is 4.82. The van der Waals surface area contributed by atoms with Crippen molar-refractivity contribution in [3.05, 3.63) is 83.4 Å². The number of nitrogens with zero attached hydrogens (tertiary/aromatic N) is 2. The smallest absolute Gasteiger partial charge is 0.141 e. The van der Waals surface area contributed by atoms with Gasteiger partial charge < -0.3 is 9.30 Å². The second-order valence-corrected chi connectivity index (χ2v) is 6.61. The highest BCUT2D eigenvalue weighted by atomic mass is 35.5. The number of para-hydroxylation sites is 2. The number of aryl methyl sites for hydroxylation is 1. The number of ether oxygens (including phenoxy) is 1. The van der Waals surface area contributed by atoms with E-state index in [9.17, 15) is 0 Å². The molecule has 4 heteroatoms. The van der Waals surface area contributed by atoms with Crippen molar-refractivity contribution in [2.45, 2.75) is 13.5 Å². The summed E-state index contributed by atoms with van der Waals surface area (Å²) >= 11 is 6.08. The van der Waals surface area contributed by atoms with Crippen molar-refractivity contribution in [1.82, 2.24) is 9.55 Å². The van der Waals surface area contributed by atoms with Crippen LogP contribution < -0.4 is 4.74 Å². The second kappa shape index (κ2) is 7.22. The van der Waals surface area contributed by atoms with Crippen LogP contribution in [0.3, 0.4) is 0 Å². The Kier molecular flexibility index (Phi) is 4.63. The maximum Gasteiger partial charge on any atom is 0.141 e. The van der Waals surface area contributed by atoms with Crippen LogP contribution in [0.4, 0.5) is 0 Å². The maximum absolute atomic E-state index is 6.08. The third-order valence-electron chi connectivity index (χ3n) is 4.40. The van der Waals surface area contributed by atoms with E-state index in [0.717, 1.165) is 38.8 Å². The molecule has 4 rings (SSSR count). The van der Waals surface area contributed by atoms with Gasteiger partial charge in [-0.25, -0.2) is 4.98 Å². The predicted octanol–water partition coefficient (Wildman–Crippen LogP) is 5.74. The van der Waals surface area contributed by atoms with Gasteiger partial charge in [-0.05, 0) is 42.8 Å². The van der Waals surface area contributed by atoms with E-state index in [1.807, 2.05) is 61.5 Å². The Morgan fingerprint density at radius 2 is 1.73 bits per heavy atom. The van der Waals surface area contributed by atoms with Crippen LogP contribution in [-0.4, -0.2) is 16.2 Å². The largest absolute Gasteiger partial charge is 0.492 e. The summed E-state index contributed by atoms with van der Waals surface area (Å²) in [5, 5.41) is 0.754. The zero-order valence-corrected chi connectivity index (χ0v) is 15.3. The Morgan fingerprint density at radius 1 is 0.962 bits per heavy atom. The molecule has 130 valence electrons. The topological polar surface area (TPSA) is 27.1 Å². The molecular formula is C22H19ClN2O. The fourth-order valence-corrected chi connectivity index (χ4v) is 3.19. The van der Waals surface area contributed by atoms with E-state index in [0.29, 0.717) is 13.2 Å². The molecule has 0 saturated carbocycles. The van der Waals surface area contributed by atoms with Crippen molar-refractivity contribution >= 4 is 22.6 Å². The van der Waals surface area contributed by atoms with E-state index in [1.54, 1.807) is 0 Å². The Bertz CT molecular complexity index is 1040. The fraction of sp³-hybridized carbons (Fsp3) is 0.136. The van der Waals surface area contributed by atoms with E-state index in [2.05, 4.69) is 22.8 Å². The highest BCUT2D eigenvalue weighted by molar-refractivity contribution is 6.31. The number of aromatic nitrogens is 2. The molecule has 0 radical (unpaired) electrons. The molecule has 0 saturated heterocycles. The number of hydrogen-bond donors (Lipinski definition) is 0. The predicted molar refractivity (Wildman–Crippen MR) is 107 cm³/mol. The lowest BCUT2D eigenvalue weighted by Crippen LogP contribution is -2.09. The summed E-state index contributed by atoms with van der Waals surface area (Å²) in [7, 11) is 0. The monoisotopic (exact) mass is 362 g/mol. The van der Waals surface area contributed by atoms with Crippen LogP contribution in [0.15, 0.2) is 72.8 Å². The molecule has 0 aliphatic rings. The molecule has 1 aromatic heterocycles.